The van der Waals surface area contributed by atoms with Crippen molar-refractivity contribution in [2.75, 3.05) is 6.61 Å². The monoisotopic (exact) mass is 403 g/mol. The lowest BCUT2D eigenvalue weighted by atomic mass is 10.1. The molecule has 0 spiro atoms. The predicted octanol–water partition coefficient (Wildman–Crippen LogP) is 4.60. The number of benzene rings is 2. The largest absolute Gasteiger partial charge is 0.452 e. The average Bonchev–Trinajstić information content (AvgIpc) is 3.19. The number of nitrogens with one attached hydrogen (secondary N) is 1. The van der Waals surface area contributed by atoms with Crippen LogP contribution >= 0.6 is 22.9 Å². The molecule has 27 heavy (non-hydrogen) atoms. The summed E-state index contributed by atoms with van der Waals surface area (Å²) in [6.45, 7) is -0.518. The topological polar surface area (TPSA) is 55.4 Å². The maximum Gasteiger partial charge on any atom is 0.341 e. The summed E-state index contributed by atoms with van der Waals surface area (Å²) in [6, 6.07) is 16.5. The first-order valence-electron chi connectivity index (χ1n) is 8.04. The summed E-state index contributed by atoms with van der Waals surface area (Å²) >= 11 is 7.17. The highest BCUT2D eigenvalue weighted by Crippen LogP contribution is 2.25. The molecule has 7 heteroatoms. The molecule has 3 rings (SSSR count). The zero-order valence-corrected chi connectivity index (χ0v) is 15.6. The van der Waals surface area contributed by atoms with E-state index in [9.17, 15) is 14.0 Å². The van der Waals surface area contributed by atoms with Crippen molar-refractivity contribution in [3.63, 3.8) is 0 Å². The number of thiophene rings is 1. The van der Waals surface area contributed by atoms with Crippen LogP contribution in [0.5, 0.6) is 0 Å². The minimum atomic E-state index is -0.924. The van der Waals surface area contributed by atoms with Crippen LogP contribution in [-0.4, -0.2) is 18.5 Å². The van der Waals surface area contributed by atoms with Crippen LogP contribution in [0, 0.1) is 5.82 Å². The lowest BCUT2D eigenvalue weighted by Gasteiger charge is -2.18. The Hall–Kier alpha value is -2.70. The van der Waals surface area contributed by atoms with Gasteiger partial charge in [0, 0.05) is 9.90 Å². The van der Waals surface area contributed by atoms with Gasteiger partial charge in [-0.15, -0.1) is 11.3 Å². The maximum atomic E-state index is 13.8. The van der Waals surface area contributed by atoms with E-state index in [0.717, 1.165) is 16.5 Å². The molecule has 0 aliphatic heterocycles. The molecule has 1 N–H and O–H groups in total. The molecule has 3 aromatic rings. The Balaban J connectivity index is 1.65. The maximum absolute atomic E-state index is 13.8. The van der Waals surface area contributed by atoms with Crippen molar-refractivity contribution in [3.8, 4) is 0 Å². The fraction of sp³-hybridized carbons (Fsp3) is 0.100. The summed E-state index contributed by atoms with van der Waals surface area (Å²) in [5, 5.41) is 4.93. The standard InChI is InChI=1S/C20H15ClFNO3S/c21-14-8-9-15(16(22)11-14)20(25)26-12-18(24)23-19(17-7-4-10-27-17)13-5-2-1-3-6-13/h1-11,19H,12H2,(H,23,24)/t19-/m0/s1. The first kappa shape index (κ1) is 19.1. The SMILES string of the molecule is O=C(COC(=O)c1ccc(Cl)cc1F)N[C@@H](c1ccccc1)c1cccs1. The highest BCUT2D eigenvalue weighted by molar-refractivity contribution is 7.10. The van der Waals surface area contributed by atoms with Crippen molar-refractivity contribution in [1.29, 1.82) is 0 Å². The second-order valence-corrected chi connectivity index (χ2v) is 7.04. The molecule has 1 atom stereocenters. The Kier molecular flexibility index (Phi) is 6.21. The number of hydrogen-bond acceptors (Lipinski definition) is 4. The van der Waals surface area contributed by atoms with Gasteiger partial charge >= 0.3 is 5.97 Å². The molecular formula is C20H15ClFNO3S. The van der Waals surface area contributed by atoms with Gasteiger partial charge in [-0.3, -0.25) is 4.79 Å². The first-order valence-corrected chi connectivity index (χ1v) is 9.30. The Bertz CT molecular complexity index is 932. The van der Waals surface area contributed by atoms with Crippen molar-refractivity contribution in [3.05, 3.63) is 92.9 Å². The van der Waals surface area contributed by atoms with Crippen LogP contribution in [0.1, 0.15) is 26.8 Å². The molecular weight excluding hydrogens is 389 g/mol. The lowest BCUT2D eigenvalue weighted by Crippen LogP contribution is -2.32. The molecule has 0 unspecified atom stereocenters. The van der Waals surface area contributed by atoms with Crippen LogP contribution in [0.15, 0.2) is 66.0 Å². The van der Waals surface area contributed by atoms with Crippen LogP contribution in [0.2, 0.25) is 5.02 Å². The van der Waals surface area contributed by atoms with Crippen molar-refractivity contribution < 1.29 is 18.7 Å². The number of esters is 1. The molecule has 1 heterocycles. The number of halogens is 2. The number of carbonyl (C=O) groups excluding carboxylic acids is 2. The minimum Gasteiger partial charge on any atom is -0.452 e. The molecule has 4 nitrogen and oxygen atoms in total. The normalized spacial score (nSPS) is 11.6. The highest BCUT2D eigenvalue weighted by Gasteiger charge is 2.20. The molecule has 0 saturated heterocycles. The second kappa shape index (κ2) is 8.79. The van der Waals surface area contributed by atoms with Gasteiger partial charge in [0.2, 0.25) is 0 Å². The van der Waals surface area contributed by atoms with Crippen LogP contribution in [0.4, 0.5) is 4.39 Å². The van der Waals surface area contributed by atoms with Gasteiger partial charge in [0.15, 0.2) is 6.61 Å². The van der Waals surface area contributed by atoms with Crippen molar-refractivity contribution in [2.45, 2.75) is 6.04 Å². The van der Waals surface area contributed by atoms with E-state index in [0.29, 0.717) is 0 Å². The van der Waals surface area contributed by atoms with E-state index in [1.807, 2.05) is 47.8 Å². The Labute approximate surface area is 164 Å². The molecule has 1 aromatic heterocycles. The molecule has 138 valence electrons. The van der Waals surface area contributed by atoms with E-state index in [-0.39, 0.29) is 16.6 Å². The number of rotatable bonds is 6. The van der Waals surface area contributed by atoms with Gasteiger partial charge in [-0.25, -0.2) is 9.18 Å². The van der Waals surface area contributed by atoms with Gasteiger partial charge in [0.05, 0.1) is 11.6 Å². The Morgan fingerprint density at radius 2 is 1.89 bits per heavy atom. The number of amides is 1. The predicted molar refractivity (Wildman–Crippen MR) is 102 cm³/mol. The number of carbonyl (C=O) groups is 2. The van der Waals surface area contributed by atoms with Gasteiger partial charge in [0.25, 0.3) is 5.91 Å². The zero-order chi connectivity index (χ0) is 19.2. The average molecular weight is 404 g/mol. The van der Waals surface area contributed by atoms with Crippen LogP contribution in [0.3, 0.4) is 0 Å². The van der Waals surface area contributed by atoms with Gasteiger partial charge in [-0.05, 0) is 35.2 Å². The fourth-order valence-corrected chi connectivity index (χ4v) is 3.45. The second-order valence-electron chi connectivity index (χ2n) is 5.63. The smallest absolute Gasteiger partial charge is 0.341 e. The minimum absolute atomic E-state index is 0.170. The van der Waals surface area contributed by atoms with Crippen molar-refractivity contribution >= 4 is 34.8 Å². The highest BCUT2D eigenvalue weighted by atomic mass is 35.5. The molecule has 2 aromatic carbocycles. The van der Waals surface area contributed by atoms with E-state index in [1.165, 1.54) is 23.5 Å². The van der Waals surface area contributed by atoms with Crippen molar-refractivity contribution in [2.24, 2.45) is 0 Å². The number of ether oxygens (including phenoxy) is 1. The summed E-state index contributed by atoms with van der Waals surface area (Å²) in [6.07, 6.45) is 0. The van der Waals surface area contributed by atoms with Gasteiger partial charge < -0.3 is 10.1 Å². The summed E-state index contributed by atoms with van der Waals surface area (Å²) in [5.74, 6) is -2.21. The molecule has 0 aliphatic carbocycles. The summed E-state index contributed by atoms with van der Waals surface area (Å²) < 4.78 is 18.7. The van der Waals surface area contributed by atoms with Gasteiger partial charge in [-0.2, -0.15) is 0 Å². The van der Waals surface area contributed by atoms with Crippen LogP contribution in [0.25, 0.3) is 0 Å². The number of hydrogen-bond donors (Lipinski definition) is 1. The van der Waals surface area contributed by atoms with E-state index in [4.69, 9.17) is 16.3 Å². The quantitative estimate of drug-likeness (QED) is 0.612. The van der Waals surface area contributed by atoms with Gasteiger partial charge in [-0.1, -0.05) is 48.0 Å². The van der Waals surface area contributed by atoms with Crippen LogP contribution < -0.4 is 5.32 Å². The third-order valence-electron chi connectivity index (χ3n) is 3.75. The fourth-order valence-electron chi connectivity index (χ4n) is 2.49. The van der Waals surface area contributed by atoms with E-state index < -0.39 is 24.3 Å². The third kappa shape index (κ3) is 4.93. The molecule has 1 amide bonds. The third-order valence-corrected chi connectivity index (χ3v) is 4.92. The Morgan fingerprint density at radius 1 is 1.11 bits per heavy atom. The van der Waals surface area contributed by atoms with Crippen LogP contribution in [-0.2, 0) is 9.53 Å². The summed E-state index contributed by atoms with van der Waals surface area (Å²) in [5.41, 5.74) is 0.633. The lowest BCUT2D eigenvalue weighted by molar-refractivity contribution is -0.124. The molecule has 0 saturated carbocycles. The summed E-state index contributed by atoms with van der Waals surface area (Å²) in [7, 11) is 0. The van der Waals surface area contributed by atoms with Crippen molar-refractivity contribution in [1.82, 2.24) is 5.32 Å². The molecule has 0 aliphatic rings. The molecule has 0 radical (unpaired) electrons. The van der Waals surface area contributed by atoms with E-state index in [1.54, 1.807) is 0 Å². The van der Waals surface area contributed by atoms with E-state index >= 15 is 0 Å². The Morgan fingerprint density at radius 3 is 2.56 bits per heavy atom. The molecule has 0 bridgehead atoms. The molecule has 0 fully saturated rings. The van der Waals surface area contributed by atoms with Gasteiger partial charge in [0.1, 0.15) is 5.82 Å². The van der Waals surface area contributed by atoms with E-state index in [2.05, 4.69) is 5.32 Å². The summed E-state index contributed by atoms with van der Waals surface area (Å²) in [4.78, 5) is 25.2. The first-order chi connectivity index (χ1) is 13.0. The zero-order valence-electron chi connectivity index (χ0n) is 14.0.